The van der Waals surface area contributed by atoms with E-state index in [0.29, 0.717) is 0 Å². The van der Waals surface area contributed by atoms with Gasteiger partial charge in [-0.25, -0.2) is 18.5 Å². The number of aryl methyl sites for hydroxylation is 1. The van der Waals surface area contributed by atoms with Crippen LogP contribution in [0.15, 0.2) is 9.72 Å². The summed E-state index contributed by atoms with van der Waals surface area (Å²) in [5, 5.41) is 6.66. The Morgan fingerprint density at radius 2 is 2.31 bits per heavy atom. The van der Waals surface area contributed by atoms with Crippen molar-refractivity contribution in [3.05, 3.63) is 11.1 Å². The molecule has 1 heterocycles. The molecular formula is C7H12N2O2S2. The van der Waals surface area contributed by atoms with Gasteiger partial charge in [-0.3, -0.25) is 0 Å². The third-order valence-electron chi connectivity index (χ3n) is 1.56. The standard InChI is InChI=1S/C7H12N2O2S2/c1-2-3-4-6-5-12-7(9-6)13(8,10)11/h5H,2-4H2,1H3,(H2,8,10,11). The lowest BCUT2D eigenvalue weighted by Crippen LogP contribution is -2.11. The lowest BCUT2D eigenvalue weighted by molar-refractivity contribution is 0.596. The molecule has 0 saturated heterocycles. The minimum absolute atomic E-state index is 0.0126. The first kappa shape index (κ1) is 10.6. The fraction of sp³-hybridized carbons (Fsp3) is 0.571. The Labute approximate surface area is 81.9 Å². The van der Waals surface area contributed by atoms with Gasteiger partial charge in [0.15, 0.2) is 0 Å². The predicted molar refractivity (Wildman–Crippen MR) is 52.1 cm³/mol. The van der Waals surface area contributed by atoms with E-state index in [-0.39, 0.29) is 4.34 Å². The Kier molecular flexibility index (Phi) is 3.40. The normalized spacial score (nSPS) is 11.8. The number of nitrogens with two attached hydrogens (primary N) is 1. The zero-order valence-electron chi connectivity index (χ0n) is 7.36. The van der Waals surface area contributed by atoms with Gasteiger partial charge in [0.25, 0.3) is 10.0 Å². The van der Waals surface area contributed by atoms with Gasteiger partial charge < -0.3 is 0 Å². The van der Waals surface area contributed by atoms with Crippen LogP contribution < -0.4 is 5.14 Å². The van der Waals surface area contributed by atoms with Gasteiger partial charge in [0.05, 0.1) is 5.69 Å². The molecule has 0 radical (unpaired) electrons. The van der Waals surface area contributed by atoms with E-state index in [1.54, 1.807) is 5.38 Å². The molecule has 74 valence electrons. The van der Waals surface area contributed by atoms with Crippen LogP contribution in [-0.4, -0.2) is 13.4 Å². The van der Waals surface area contributed by atoms with E-state index in [1.807, 2.05) is 0 Å². The van der Waals surface area contributed by atoms with Gasteiger partial charge in [0.2, 0.25) is 4.34 Å². The summed E-state index contributed by atoms with van der Waals surface area (Å²) in [5.74, 6) is 0. The largest absolute Gasteiger partial charge is 0.265 e. The monoisotopic (exact) mass is 220 g/mol. The third-order valence-corrected chi connectivity index (χ3v) is 3.81. The summed E-state index contributed by atoms with van der Waals surface area (Å²) < 4.78 is 21.7. The molecule has 4 nitrogen and oxygen atoms in total. The van der Waals surface area contributed by atoms with Gasteiger partial charge in [0, 0.05) is 5.38 Å². The van der Waals surface area contributed by atoms with Gasteiger partial charge in [-0.15, -0.1) is 11.3 Å². The molecule has 0 spiro atoms. The second kappa shape index (κ2) is 4.17. The molecular weight excluding hydrogens is 208 g/mol. The van der Waals surface area contributed by atoms with E-state index < -0.39 is 10.0 Å². The zero-order valence-corrected chi connectivity index (χ0v) is 8.99. The van der Waals surface area contributed by atoms with Gasteiger partial charge >= 0.3 is 0 Å². The third kappa shape index (κ3) is 3.06. The number of nitrogens with zero attached hydrogens (tertiary/aromatic N) is 1. The Morgan fingerprint density at radius 3 is 2.77 bits per heavy atom. The minimum atomic E-state index is -3.60. The first-order chi connectivity index (χ1) is 6.04. The molecule has 2 N–H and O–H groups in total. The maximum absolute atomic E-state index is 10.8. The van der Waals surface area contributed by atoms with Crippen LogP contribution in [0.3, 0.4) is 0 Å². The summed E-state index contributed by atoms with van der Waals surface area (Å²) in [6.07, 6.45) is 2.92. The highest BCUT2D eigenvalue weighted by Crippen LogP contribution is 2.15. The lowest BCUT2D eigenvalue weighted by Gasteiger charge is -1.91. The number of sulfonamides is 1. The molecule has 1 rings (SSSR count). The van der Waals surface area contributed by atoms with Crippen LogP contribution in [0.4, 0.5) is 0 Å². The molecule has 13 heavy (non-hydrogen) atoms. The highest BCUT2D eigenvalue weighted by molar-refractivity contribution is 7.91. The molecule has 0 aromatic carbocycles. The van der Waals surface area contributed by atoms with E-state index in [2.05, 4.69) is 11.9 Å². The first-order valence-corrected chi connectivity index (χ1v) is 6.44. The van der Waals surface area contributed by atoms with E-state index in [0.717, 1.165) is 36.3 Å². The van der Waals surface area contributed by atoms with Gasteiger partial charge in [-0.05, 0) is 12.8 Å². The quantitative estimate of drug-likeness (QED) is 0.826. The Morgan fingerprint density at radius 1 is 1.62 bits per heavy atom. The zero-order chi connectivity index (χ0) is 9.90. The topological polar surface area (TPSA) is 73.1 Å². The molecule has 0 aliphatic rings. The Balaban J connectivity index is 2.76. The summed E-state index contributed by atoms with van der Waals surface area (Å²) in [6, 6.07) is 0. The molecule has 1 aromatic rings. The summed E-state index contributed by atoms with van der Waals surface area (Å²) >= 11 is 1.08. The van der Waals surface area contributed by atoms with Crippen molar-refractivity contribution >= 4 is 21.4 Å². The Bertz CT molecular complexity index is 370. The molecule has 1 aromatic heterocycles. The number of hydrogen-bond donors (Lipinski definition) is 1. The molecule has 0 aliphatic heterocycles. The molecule has 6 heteroatoms. The SMILES string of the molecule is CCCCc1csc(S(N)(=O)=O)n1. The molecule has 0 fully saturated rings. The van der Waals surface area contributed by atoms with E-state index in [1.165, 1.54) is 0 Å². The van der Waals surface area contributed by atoms with Gasteiger partial charge in [-0.1, -0.05) is 13.3 Å². The lowest BCUT2D eigenvalue weighted by atomic mass is 10.2. The van der Waals surface area contributed by atoms with Gasteiger partial charge in [0.1, 0.15) is 0 Å². The molecule has 0 bridgehead atoms. The second-order valence-electron chi connectivity index (χ2n) is 2.75. The summed E-state index contributed by atoms with van der Waals surface area (Å²) in [6.45, 7) is 2.08. The van der Waals surface area contributed by atoms with Crippen molar-refractivity contribution in [1.29, 1.82) is 0 Å². The van der Waals surface area contributed by atoms with Crippen molar-refractivity contribution < 1.29 is 8.42 Å². The minimum Gasteiger partial charge on any atom is -0.229 e. The summed E-state index contributed by atoms with van der Waals surface area (Å²) in [4.78, 5) is 3.92. The van der Waals surface area contributed by atoms with Crippen molar-refractivity contribution in [1.82, 2.24) is 4.98 Å². The van der Waals surface area contributed by atoms with Crippen LogP contribution in [0.25, 0.3) is 0 Å². The first-order valence-electron chi connectivity index (χ1n) is 4.01. The van der Waals surface area contributed by atoms with Crippen LogP contribution in [0, 0.1) is 0 Å². The van der Waals surface area contributed by atoms with Crippen molar-refractivity contribution in [3.63, 3.8) is 0 Å². The number of aromatic nitrogens is 1. The number of rotatable bonds is 4. The van der Waals surface area contributed by atoms with Crippen LogP contribution in [0.5, 0.6) is 0 Å². The number of hydrogen-bond acceptors (Lipinski definition) is 4. The van der Waals surface area contributed by atoms with Crippen molar-refractivity contribution in [2.45, 2.75) is 30.5 Å². The fourth-order valence-electron chi connectivity index (χ4n) is 0.892. The maximum Gasteiger partial charge on any atom is 0.265 e. The van der Waals surface area contributed by atoms with Gasteiger partial charge in [-0.2, -0.15) is 0 Å². The summed E-state index contributed by atoms with van der Waals surface area (Å²) in [7, 11) is -3.60. The number of thiazole rings is 1. The summed E-state index contributed by atoms with van der Waals surface area (Å²) in [5.41, 5.74) is 0.816. The van der Waals surface area contributed by atoms with Crippen LogP contribution in [0.1, 0.15) is 25.5 Å². The van der Waals surface area contributed by atoms with E-state index in [4.69, 9.17) is 5.14 Å². The van der Waals surface area contributed by atoms with Crippen LogP contribution in [0.2, 0.25) is 0 Å². The van der Waals surface area contributed by atoms with E-state index in [9.17, 15) is 8.42 Å². The smallest absolute Gasteiger partial charge is 0.229 e. The maximum atomic E-state index is 10.8. The fourth-order valence-corrected chi connectivity index (χ4v) is 2.39. The highest BCUT2D eigenvalue weighted by Gasteiger charge is 2.12. The molecule has 0 atom stereocenters. The molecule has 0 amide bonds. The Hall–Kier alpha value is -0.460. The molecule has 0 aliphatic carbocycles. The molecule has 0 unspecified atom stereocenters. The average molecular weight is 220 g/mol. The van der Waals surface area contributed by atoms with Crippen molar-refractivity contribution in [3.8, 4) is 0 Å². The van der Waals surface area contributed by atoms with E-state index >= 15 is 0 Å². The van der Waals surface area contributed by atoms with Crippen LogP contribution >= 0.6 is 11.3 Å². The van der Waals surface area contributed by atoms with Crippen LogP contribution in [-0.2, 0) is 16.4 Å². The number of unbranched alkanes of at least 4 members (excludes halogenated alkanes) is 1. The average Bonchev–Trinajstić information content (AvgIpc) is 2.47. The van der Waals surface area contributed by atoms with Crippen molar-refractivity contribution in [2.24, 2.45) is 5.14 Å². The molecule has 0 saturated carbocycles. The number of primary sulfonamides is 1. The van der Waals surface area contributed by atoms with Crippen molar-refractivity contribution in [2.75, 3.05) is 0 Å². The predicted octanol–water partition coefficient (Wildman–Crippen LogP) is 1.13. The second-order valence-corrected chi connectivity index (χ2v) is 5.35. The highest BCUT2D eigenvalue weighted by atomic mass is 32.2.